The highest BCUT2D eigenvalue weighted by atomic mass is 16.4. The summed E-state index contributed by atoms with van der Waals surface area (Å²) in [7, 11) is 0. The van der Waals surface area contributed by atoms with Crippen molar-refractivity contribution in [3.63, 3.8) is 0 Å². The maximum absolute atomic E-state index is 10.4. The Kier molecular flexibility index (Phi) is 13.5. The van der Waals surface area contributed by atoms with Gasteiger partial charge in [-0.05, 0) is 24.7 Å². The van der Waals surface area contributed by atoms with Crippen molar-refractivity contribution in [3.8, 4) is 0 Å². The maximum atomic E-state index is 10.4. The number of hydrogen-bond donors (Lipinski definition) is 4. The summed E-state index contributed by atoms with van der Waals surface area (Å²) in [5, 5.41) is 38.2. The summed E-state index contributed by atoms with van der Waals surface area (Å²) >= 11 is 0. The second kappa shape index (κ2) is 14.4. The fourth-order valence-corrected chi connectivity index (χ4v) is 2.41. The van der Waals surface area contributed by atoms with Crippen molar-refractivity contribution in [2.45, 2.75) is 77.6 Å². The molecule has 0 saturated carbocycles. The Bertz CT molecular complexity index is 517. The van der Waals surface area contributed by atoms with Crippen LogP contribution < -0.4 is 0 Å². The molecular weight excluding hydrogens is 344 g/mol. The fraction of sp³-hybridized carbons (Fsp3) is 0.591. The number of carboxylic acids is 1. The Hall–Kier alpha value is -1.69. The van der Waals surface area contributed by atoms with E-state index >= 15 is 0 Å². The zero-order chi connectivity index (χ0) is 20.7. The highest BCUT2D eigenvalue weighted by molar-refractivity contribution is 5.66. The van der Waals surface area contributed by atoms with Crippen LogP contribution in [0, 0.1) is 5.41 Å². The van der Waals surface area contributed by atoms with E-state index in [1.807, 2.05) is 18.2 Å². The Balaban J connectivity index is 4.22. The van der Waals surface area contributed by atoms with Crippen molar-refractivity contribution in [2.24, 2.45) is 5.41 Å². The van der Waals surface area contributed by atoms with E-state index in [1.165, 1.54) is 6.08 Å². The van der Waals surface area contributed by atoms with E-state index in [-0.39, 0.29) is 18.3 Å². The number of aliphatic carboxylic acids is 1. The molecule has 0 rings (SSSR count). The third-order valence-electron chi connectivity index (χ3n) is 4.42. The molecule has 0 fully saturated rings. The van der Waals surface area contributed by atoms with Crippen LogP contribution in [0.3, 0.4) is 0 Å². The summed E-state index contributed by atoms with van der Waals surface area (Å²) in [4.78, 5) is 10.4. The molecule has 0 saturated heterocycles. The molecule has 0 aliphatic rings. The first-order valence-electron chi connectivity index (χ1n) is 9.65. The normalized spacial score (nSPS) is 16.7. The van der Waals surface area contributed by atoms with Crippen LogP contribution in [0.1, 0.15) is 59.3 Å². The van der Waals surface area contributed by atoms with Gasteiger partial charge in [-0.3, -0.25) is 4.79 Å². The van der Waals surface area contributed by atoms with Crippen LogP contribution in [0.15, 0.2) is 48.6 Å². The van der Waals surface area contributed by atoms with Gasteiger partial charge in [0.15, 0.2) is 0 Å². The van der Waals surface area contributed by atoms with Gasteiger partial charge in [-0.1, -0.05) is 82.2 Å². The van der Waals surface area contributed by atoms with Gasteiger partial charge in [-0.15, -0.1) is 0 Å². The first kappa shape index (κ1) is 25.3. The van der Waals surface area contributed by atoms with E-state index in [0.717, 1.165) is 19.3 Å². The van der Waals surface area contributed by atoms with Crippen molar-refractivity contribution in [1.29, 1.82) is 0 Å². The minimum Gasteiger partial charge on any atom is -0.481 e. The first-order valence-corrected chi connectivity index (χ1v) is 9.65. The Morgan fingerprint density at radius 3 is 2.04 bits per heavy atom. The van der Waals surface area contributed by atoms with Crippen LogP contribution >= 0.6 is 0 Å². The number of aliphatic hydroxyl groups excluding tert-OH is 3. The largest absolute Gasteiger partial charge is 0.481 e. The summed E-state index contributed by atoms with van der Waals surface area (Å²) in [6.07, 6.45) is 15.1. The average Bonchev–Trinajstić information content (AvgIpc) is 2.61. The van der Waals surface area contributed by atoms with Crippen molar-refractivity contribution >= 4 is 5.97 Å². The van der Waals surface area contributed by atoms with E-state index in [2.05, 4.69) is 20.8 Å². The second-order valence-corrected chi connectivity index (χ2v) is 7.42. The van der Waals surface area contributed by atoms with Crippen LogP contribution in [0.4, 0.5) is 0 Å². The van der Waals surface area contributed by atoms with Gasteiger partial charge in [0, 0.05) is 6.42 Å². The summed E-state index contributed by atoms with van der Waals surface area (Å²) < 4.78 is 0. The molecule has 3 atom stereocenters. The maximum Gasteiger partial charge on any atom is 0.303 e. The monoisotopic (exact) mass is 380 g/mol. The molecule has 0 aromatic heterocycles. The summed E-state index contributed by atoms with van der Waals surface area (Å²) in [6, 6.07) is 0. The third kappa shape index (κ3) is 13.2. The van der Waals surface area contributed by atoms with E-state index < -0.39 is 24.3 Å². The Labute approximate surface area is 163 Å². The molecule has 0 amide bonds. The number of allylic oxidation sites excluding steroid dienone is 6. The van der Waals surface area contributed by atoms with Gasteiger partial charge in [0.1, 0.15) is 0 Å². The van der Waals surface area contributed by atoms with Crippen molar-refractivity contribution < 1.29 is 25.2 Å². The van der Waals surface area contributed by atoms with Crippen LogP contribution in [0.2, 0.25) is 0 Å². The molecule has 154 valence electrons. The molecule has 0 aromatic carbocycles. The van der Waals surface area contributed by atoms with E-state index in [1.54, 1.807) is 24.3 Å². The van der Waals surface area contributed by atoms with E-state index in [9.17, 15) is 20.1 Å². The molecule has 5 heteroatoms. The highest BCUT2D eigenvalue weighted by Crippen LogP contribution is 2.28. The molecule has 0 bridgehead atoms. The average molecular weight is 381 g/mol. The topological polar surface area (TPSA) is 98.0 Å². The number of unbranched alkanes of at least 4 members (excludes halogenated alkanes) is 1. The molecule has 0 radical (unpaired) electrons. The molecule has 0 heterocycles. The SMILES string of the molecule is CCCCC(C)(C)C(O)/C=C/C=C\C=C\C=C\[C@@H](O)[C@@H](O)CCCC(=O)O. The molecular formula is C22H36O5. The molecule has 0 aliphatic heterocycles. The van der Waals surface area contributed by atoms with Crippen LogP contribution in [-0.4, -0.2) is 44.7 Å². The third-order valence-corrected chi connectivity index (χ3v) is 4.42. The van der Waals surface area contributed by atoms with Crippen LogP contribution in [0.25, 0.3) is 0 Å². The predicted molar refractivity (Wildman–Crippen MR) is 109 cm³/mol. The molecule has 0 aromatic rings. The van der Waals surface area contributed by atoms with Gasteiger partial charge in [-0.2, -0.15) is 0 Å². The zero-order valence-corrected chi connectivity index (χ0v) is 16.8. The zero-order valence-electron chi connectivity index (χ0n) is 16.8. The second-order valence-electron chi connectivity index (χ2n) is 7.42. The molecule has 0 aliphatic carbocycles. The van der Waals surface area contributed by atoms with Gasteiger partial charge in [-0.25, -0.2) is 0 Å². The van der Waals surface area contributed by atoms with Gasteiger partial charge in [0.2, 0.25) is 0 Å². The lowest BCUT2D eigenvalue weighted by Gasteiger charge is -2.28. The Morgan fingerprint density at radius 2 is 1.48 bits per heavy atom. The number of carbonyl (C=O) groups is 1. The Morgan fingerprint density at radius 1 is 0.926 bits per heavy atom. The summed E-state index contributed by atoms with van der Waals surface area (Å²) in [5.74, 6) is -0.909. The standard InChI is InChI=1S/C22H36O5/c1-4-5-17-22(2,3)20(25)15-11-9-7-6-8-10-13-18(23)19(24)14-12-16-21(26)27/h6-11,13,15,18-20,23-25H,4-5,12,14,16-17H2,1-3H3,(H,26,27)/b8-6+,9-7-,13-10+,15-11+/t18-,19+,20?/m1/s1. The van der Waals surface area contributed by atoms with Gasteiger partial charge < -0.3 is 20.4 Å². The van der Waals surface area contributed by atoms with Crippen LogP contribution in [0.5, 0.6) is 0 Å². The predicted octanol–water partition coefficient (Wildman–Crippen LogP) is 3.77. The lowest BCUT2D eigenvalue weighted by molar-refractivity contribution is -0.137. The van der Waals surface area contributed by atoms with Crippen molar-refractivity contribution in [1.82, 2.24) is 0 Å². The minimum absolute atomic E-state index is 0.0177. The number of hydrogen-bond acceptors (Lipinski definition) is 4. The lowest BCUT2D eigenvalue weighted by atomic mass is 9.81. The highest BCUT2D eigenvalue weighted by Gasteiger charge is 2.24. The van der Waals surface area contributed by atoms with Crippen molar-refractivity contribution in [2.75, 3.05) is 0 Å². The molecule has 0 spiro atoms. The molecule has 27 heavy (non-hydrogen) atoms. The summed E-state index contributed by atoms with van der Waals surface area (Å²) in [6.45, 7) is 6.27. The summed E-state index contributed by atoms with van der Waals surface area (Å²) in [5.41, 5.74) is -0.139. The quantitative estimate of drug-likeness (QED) is 0.344. The number of carboxylic acid groups (broad SMARTS) is 1. The van der Waals surface area contributed by atoms with Crippen molar-refractivity contribution in [3.05, 3.63) is 48.6 Å². The number of aliphatic hydroxyl groups is 3. The fourth-order valence-electron chi connectivity index (χ4n) is 2.41. The van der Waals surface area contributed by atoms with Gasteiger partial charge >= 0.3 is 5.97 Å². The number of rotatable bonds is 14. The van der Waals surface area contributed by atoms with E-state index in [0.29, 0.717) is 6.42 Å². The minimum atomic E-state index is -1.02. The van der Waals surface area contributed by atoms with Gasteiger partial charge in [0.05, 0.1) is 18.3 Å². The smallest absolute Gasteiger partial charge is 0.303 e. The lowest BCUT2D eigenvalue weighted by Crippen LogP contribution is -2.27. The first-order chi connectivity index (χ1) is 12.7. The molecule has 5 nitrogen and oxygen atoms in total. The molecule has 4 N–H and O–H groups in total. The van der Waals surface area contributed by atoms with E-state index in [4.69, 9.17) is 5.11 Å². The van der Waals surface area contributed by atoms with Crippen LogP contribution in [-0.2, 0) is 4.79 Å². The van der Waals surface area contributed by atoms with Gasteiger partial charge in [0.25, 0.3) is 0 Å². The molecule has 1 unspecified atom stereocenters.